The van der Waals surface area contributed by atoms with Crippen LogP contribution in [0.5, 0.6) is 0 Å². The van der Waals surface area contributed by atoms with Crippen LogP contribution in [0.3, 0.4) is 0 Å². The Labute approximate surface area is 122 Å². The maximum atomic E-state index is 11.7. The molecule has 1 aliphatic carbocycles. The molecule has 2 amide bonds. The average molecular weight is 293 g/mol. The lowest BCUT2D eigenvalue weighted by Crippen LogP contribution is -2.43. The van der Waals surface area contributed by atoms with Crippen LogP contribution < -0.4 is 10.7 Å². The molecule has 2 rings (SSSR count). The molecule has 2 N–H and O–H groups in total. The van der Waals surface area contributed by atoms with E-state index in [1.54, 1.807) is 0 Å². The molecule has 20 heavy (non-hydrogen) atoms. The molecule has 0 unspecified atom stereocenters. The number of nitrogens with one attached hydrogen (secondary N) is 2. The normalized spacial score (nSPS) is 16.8. The molecule has 0 aliphatic heterocycles. The quantitative estimate of drug-likeness (QED) is 0.387. The Morgan fingerprint density at radius 2 is 1.95 bits per heavy atom. The number of hydrogen-bond donors (Lipinski definition) is 2. The maximum Gasteiger partial charge on any atom is 0.329 e. The molecule has 1 heterocycles. The Bertz CT molecular complexity index is 463. The smallest absolute Gasteiger partial charge is 0.329 e. The first-order chi connectivity index (χ1) is 9.75. The summed E-state index contributed by atoms with van der Waals surface area (Å²) in [5.41, 5.74) is 2.25. The summed E-state index contributed by atoms with van der Waals surface area (Å²) < 4.78 is 0. The van der Waals surface area contributed by atoms with E-state index in [0.29, 0.717) is 0 Å². The third-order valence-electron chi connectivity index (χ3n) is 3.30. The number of carbonyl (C=O) groups is 2. The Kier molecular flexibility index (Phi) is 5.73. The van der Waals surface area contributed by atoms with Crippen molar-refractivity contribution < 1.29 is 9.59 Å². The number of amides is 2. The summed E-state index contributed by atoms with van der Waals surface area (Å²) in [5.74, 6) is -1.30. The van der Waals surface area contributed by atoms with E-state index in [0.717, 1.165) is 30.6 Å². The van der Waals surface area contributed by atoms with Gasteiger partial charge < -0.3 is 5.32 Å². The summed E-state index contributed by atoms with van der Waals surface area (Å²) in [4.78, 5) is 24.2. The molecule has 0 bridgehead atoms. The van der Waals surface area contributed by atoms with E-state index in [2.05, 4.69) is 15.8 Å². The summed E-state index contributed by atoms with van der Waals surface area (Å²) in [6.45, 7) is 0. The summed E-state index contributed by atoms with van der Waals surface area (Å²) in [5, 5.41) is 8.47. The second kappa shape index (κ2) is 7.79. The molecule has 1 aromatic heterocycles. The van der Waals surface area contributed by atoms with Crippen LogP contribution in [0.1, 0.15) is 43.4 Å². The standard InChI is InChI=1S/C14H19N3O2S/c18-13(16-11-6-3-1-2-4-7-11)14(19)17-15-10-12-8-5-9-20-12/h5,8-11H,1-4,6-7H2,(H,16,18)(H,17,19)/b15-10-. The number of thiophene rings is 1. The van der Waals surface area contributed by atoms with Crippen molar-refractivity contribution in [3.8, 4) is 0 Å². The van der Waals surface area contributed by atoms with Gasteiger partial charge in [0.15, 0.2) is 0 Å². The molecule has 0 aromatic carbocycles. The van der Waals surface area contributed by atoms with E-state index in [-0.39, 0.29) is 6.04 Å². The molecule has 1 aromatic rings. The minimum absolute atomic E-state index is 0.122. The average Bonchev–Trinajstić information content (AvgIpc) is 2.82. The van der Waals surface area contributed by atoms with Gasteiger partial charge in [-0.05, 0) is 24.3 Å². The van der Waals surface area contributed by atoms with Gasteiger partial charge >= 0.3 is 11.8 Å². The first kappa shape index (κ1) is 14.7. The van der Waals surface area contributed by atoms with E-state index in [9.17, 15) is 9.59 Å². The molecule has 5 nitrogen and oxygen atoms in total. The molecule has 0 radical (unpaired) electrons. The molecular formula is C14H19N3O2S. The Morgan fingerprint density at radius 1 is 1.20 bits per heavy atom. The fourth-order valence-corrected chi connectivity index (χ4v) is 2.83. The summed E-state index contributed by atoms with van der Waals surface area (Å²) in [7, 11) is 0. The largest absolute Gasteiger partial charge is 0.345 e. The molecule has 108 valence electrons. The van der Waals surface area contributed by atoms with Crippen LogP contribution in [-0.4, -0.2) is 24.1 Å². The number of rotatable bonds is 3. The minimum Gasteiger partial charge on any atom is -0.345 e. The molecule has 6 heteroatoms. The zero-order valence-electron chi connectivity index (χ0n) is 11.3. The first-order valence-corrected chi connectivity index (χ1v) is 7.81. The summed E-state index contributed by atoms with van der Waals surface area (Å²) in [6.07, 6.45) is 8.09. The molecular weight excluding hydrogens is 274 g/mol. The highest BCUT2D eigenvalue weighted by Crippen LogP contribution is 2.16. The lowest BCUT2D eigenvalue weighted by Gasteiger charge is -2.14. The van der Waals surface area contributed by atoms with Crippen molar-refractivity contribution in [1.82, 2.24) is 10.7 Å². The zero-order chi connectivity index (χ0) is 14.2. The van der Waals surface area contributed by atoms with Gasteiger partial charge in [0.25, 0.3) is 0 Å². The van der Waals surface area contributed by atoms with Crippen molar-refractivity contribution in [3.05, 3.63) is 22.4 Å². The van der Waals surface area contributed by atoms with E-state index in [4.69, 9.17) is 0 Å². The van der Waals surface area contributed by atoms with Gasteiger partial charge in [0, 0.05) is 10.9 Å². The van der Waals surface area contributed by atoms with Crippen molar-refractivity contribution >= 4 is 29.4 Å². The second-order valence-corrected chi connectivity index (χ2v) is 5.86. The highest BCUT2D eigenvalue weighted by molar-refractivity contribution is 7.11. The highest BCUT2D eigenvalue weighted by atomic mass is 32.1. The van der Waals surface area contributed by atoms with Gasteiger partial charge in [-0.1, -0.05) is 31.7 Å². The number of hydrazone groups is 1. The van der Waals surface area contributed by atoms with Gasteiger partial charge in [-0.3, -0.25) is 9.59 Å². The lowest BCUT2D eigenvalue weighted by molar-refractivity contribution is -0.139. The fourth-order valence-electron chi connectivity index (χ4n) is 2.24. The minimum atomic E-state index is -0.706. The number of hydrogen-bond acceptors (Lipinski definition) is 4. The van der Waals surface area contributed by atoms with Crippen LogP contribution in [0, 0.1) is 0 Å². The van der Waals surface area contributed by atoms with Gasteiger partial charge in [0.1, 0.15) is 0 Å². The molecule has 1 fully saturated rings. The van der Waals surface area contributed by atoms with Crippen LogP contribution in [0.4, 0.5) is 0 Å². The predicted molar refractivity (Wildman–Crippen MR) is 79.7 cm³/mol. The van der Waals surface area contributed by atoms with Crippen molar-refractivity contribution in [2.24, 2.45) is 5.10 Å². The number of carbonyl (C=O) groups excluding carboxylic acids is 2. The topological polar surface area (TPSA) is 70.6 Å². The highest BCUT2D eigenvalue weighted by Gasteiger charge is 2.19. The van der Waals surface area contributed by atoms with Crippen LogP contribution in [0.25, 0.3) is 0 Å². The summed E-state index contributed by atoms with van der Waals surface area (Å²) >= 11 is 1.51. The first-order valence-electron chi connectivity index (χ1n) is 6.93. The number of nitrogens with zero attached hydrogens (tertiary/aromatic N) is 1. The third-order valence-corrected chi connectivity index (χ3v) is 4.10. The van der Waals surface area contributed by atoms with Gasteiger partial charge in [0.05, 0.1) is 6.21 Å². The second-order valence-electron chi connectivity index (χ2n) is 4.88. The molecule has 1 aliphatic rings. The SMILES string of the molecule is O=C(N/N=C\c1cccs1)C(=O)NC1CCCCCC1. The van der Waals surface area contributed by atoms with E-state index in [1.807, 2.05) is 17.5 Å². The zero-order valence-corrected chi connectivity index (χ0v) is 12.1. The Balaban J connectivity index is 1.75. The van der Waals surface area contributed by atoms with Crippen LogP contribution in [0.2, 0.25) is 0 Å². The molecule has 1 saturated carbocycles. The molecule has 0 atom stereocenters. The van der Waals surface area contributed by atoms with E-state index < -0.39 is 11.8 Å². The van der Waals surface area contributed by atoms with E-state index in [1.165, 1.54) is 30.4 Å². The van der Waals surface area contributed by atoms with Gasteiger partial charge in [-0.15, -0.1) is 11.3 Å². The van der Waals surface area contributed by atoms with Crippen LogP contribution in [-0.2, 0) is 9.59 Å². The molecule has 0 spiro atoms. The van der Waals surface area contributed by atoms with Crippen molar-refractivity contribution in [2.45, 2.75) is 44.6 Å². The van der Waals surface area contributed by atoms with Crippen molar-refractivity contribution in [1.29, 1.82) is 0 Å². The third kappa shape index (κ3) is 4.77. The lowest BCUT2D eigenvalue weighted by atomic mass is 10.1. The van der Waals surface area contributed by atoms with E-state index >= 15 is 0 Å². The fraction of sp³-hybridized carbons (Fsp3) is 0.500. The van der Waals surface area contributed by atoms with Gasteiger partial charge in [0.2, 0.25) is 0 Å². The van der Waals surface area contributed by atoms with Gasteiger partial charge in [-0.2, -0.15) is 5.10 Å². The summed E-state index contributed by atoms with van der Waals surface area (Å²) in [6, 6.07) is 3.90. The van der Waals surface area contributed by atoms with Crippen molar-refractivity contribution in [3.63, 3.8) is 0 Å². The van der Waals surface area contributed by atoms with Crippen LogP contribution in [0.15, 0.2) is 22.6 Å². The van der Waals surface area contributed by atoms with Crippen LogP contribution >= 0.6 is 11.3 Å². The Morgan fingerprint density at radius 3 is 2.60 bits per heavy atom. The predicted octanol–water partition coefficient (Wildman–Crippen LogP) is 2.04. The Hall–Kier alpha value is -1.69. The molecule has 0 saturated heterocycles. The monoisotopic (exact) mass is 293 g/mol. The maximum absolute atomic E-state index is 11.7. The van der Waals surface area contributed by atoms with Crippen molar-refractivity contribution in [2.75, 3.05) is 0 Å². The van der Waals surface area contributed by atoms with Gasteiger partial charge in [-0.25, -0.2) is 5.43 Å².